The van der Waals surface area contributed by atoms with Crippen LogP contribution >= 0.6 is 11.8 Å². The molecule has 0 saturated heterocycles. The van der Waals surface area contributed by atoms with Crippen molar-refractivity contribution in [1.29, 1.82) is 0 Å². The molecule has 1 heteroatoms. The van der Waals surface area contributed by atoms with Crippen molar-refractivity contribution in [3.05, 3.63) is 35.9 Å². The van der Waals surface area contributed by atoms with Crippen LogP contribution in [0.1, 0.15) is 25.3 Å². The first-order valence-corrected chi connectivity index (χ1v) is 6.19. The Hall–Kier alpha value is -0.430. The van der Waals surface area contributed by atoms with Gasteiger partial charge in [-0.25, -0.2) is 0 Å². The highest BCUT2D eigenvalue weighted by Crippen LogP contribution is 2.26. The van der Waals surface area contributed by atoms with Crippen LogP contribution in [0.2, 0.25) is 0 Å². The summed E-state index contributed by atoms with van der Waals surface area (Å²) >= 11 is 1.93. The van der Waals surface area contributed by atoms with Gasteiger partial charge in [-0.1, -0.05) is 44.2 Å². The van der Waals surface area contributed by atoms with Crippen LogP contribution in [-0.4, -0.2) is 12.0 Å². The second-order valence-corrected chi connectivity index (χ2v) is 4.63. The minimum absolute atomic E-state index is 0.705. The van der Waals surface area contributed by atoms with E-state index in [4.69, 9.17) is 0 Å². The van der Waals surface area contributed by atoms with E-state index in [0.717, 1.165) is 5.92 Å². The van der Waals surface area contributed by atoms with Crippen LogP contribution in [0.4, 0.5) is 0 Å². The summed E-state index contributed by atoms with van der Waals surface area (Å²) in [5.74, 6) is 2.66. The summed E-state index contributed by atoms with van der Waals surface area (Å²) < 4.78 is 0. The van der Waals surface area contributed by atoms with E-state index in [2.05, 4.69) is 50.4 Å². The molecular weight excluding hydrogens is 176 g/mol. The molecule has 0 amide bonds. The summed E-state index contributed by atoms with van der Waals surface area (Å²) in [7, 11) is 0. The van der Waals surface area contributed by atoms with Crippen molar-refractivity contribution in [2.24, 2.45) is 5.92 Å². The van der Waals surface area contributed by atoms with Crippen LogP contribution in [0.25, 0.3) is 0 Å². The van der Waals surface area contributed by atoms with Crippen molar-refractivity contribution in [3.8, 4) is 0 Å². The van der Waals surface area contributed by atoms with Crippen LogP contribution in [0.15, 0.2) is 30.3 Å². The summed E-state index contributed by atoms with van der Waals surface area (Å²) in [5, 5.41) is 0. The van der Waals surface area contributed by atoms with E-state index in [1.165, 1.54) is 11.3 Å². The molecule has 1 aromatic carbocycles. The molecule has 1 rings (SSSR count). The lowest BCUT2D eigenvalue weighted by molar-refractivity contribution is 0.542. The maximum atomic E-state index is 2.30. The van der Waals surface area contributed by atoms with Gasteiger partial charge >= 0.3 is 0 Å². The topological polar surface area (TPSA) is 0 Å². The van der Waals surface area contributed by atoms with E-state index in [1.54, 1.807) is 0 Å². The van der Waals surface area contributed by atoms with Gasteiger partial charge in [0.1, 0.15) is 0 Å². The molecule has 0 aliphatic rings. The average molecular weight is 194 g/mol. The summed E-state index contributed by atoms with van der Waals surface area (Å²) in [6.45, 7) is 4.60. The molecule has 0 unspecified atom stereocenters. The lowest BCUT2D eigenvalue weighted by atomic mass is 9.90. The molecule has 0 heterocycles. The molecule has 1 atom stereocenters. The lowest BCUT2D eigenvalue weighted by Gasteiger charge is -2.20. The van der Waals surface area contributed by atoms with Gasteiger partial charge < -0.3 is 0 Å². The van der Waals surface area contributed by atoms with E-state index in [9.17, 15) is 0 Å². The molecular formula is C12H18S. The van der Waals surface area contributed by atoms with Crippen LogP contribution in [0.5, 0.6) is 0 Å². The highest BCUT2D eigenvalue weighted by Gasteiger charge is 2.14. The number of thioether (sulfide) groups is 1. The van der Waals surface area contributed by atoms with E-state index >= 15 is 0 Å². The molecule has 13 heavy (non-hydrogen) atoms. The number of benzene rings is 1. The van der Waals surface area contributed by atoms with Crippen molar-refractivity contribution in [3.63, 3.8) is 0 Å². The molecule has 0 radical (unpaired) electrons. The quantitative estimate of drug-likeness (QED) is 0.702. The number of hydrogen-bond donors (Lipinski definition) is 0. The van der Waals surface area contributed by atoms with E-state index in [1.807, 2.05) is 11.8 Å². The number of hydrogen-bond acceptors (Lipinski definition) is 1. The van der Waals surface area contributed by atoms with Crippen molar-refractivity contribution < 1.29 is 0 Å². The van der Waals surface area contributed by atoms with Gasteiger partial charge in [0, 0.05) is 5.75 Å². The van der Waals surface area contributed by atoms with Crippen molar-refractivity contribution in [1.82, 2.24) is 0 Å². The molecule has 0 N–H and O–H groups in total. The molecule has 0 aliphatic carbocycles. The van der Waals surface area contributed by atoms with Gasteiger partial charge in [-0.3, -0.25) is 0 Å². The van der Waals surface area contributed by atoms with Gasteiger partial charge in [-0.2, -0.15) is 11.8 Å². The first-order chi connectivity index (χ1) is 6.25. The van der Waals surface area contributed by atoms with Gasteiger partial charge in [-0.05, 0) is 23.7 Å². The summed E-state index contributed by atoms with van der Waals surface area (Å²) in [5.41, 5.74) is 1.48. The van der Waals surface area contributed by atoms with Gasteiger partial charge in [-0.15, -0.1) is 0 Å². The first kappa shape index (κ1) is 10.6. The van der Waals surface area contributed by atoms with E-state index in [-0.39, 0.29) is 0 Å². The molecule has 0 fully saturated rings. The highest BCUT2D eigenvalue weighted by atomic mass is 32.2. The van der Waals surface area contributed by atoms with Crippen molar-refractivity contribution >= 4 is 11.8 Å². The van der Waals surface area contributed by atoms with Crippen LogP contribution < -0.4 is 0 Å². The Morgan fingerprint density at radius 1 is 1.15 bits per heavy atom. The molecule has 0 spiro atoms. The molecule has 0 aliphatic heterocycles. The summed E-state index contributed by atoms with van der Waals surface area (Å²) in [6.07, 6.45) is 2.18. The Morgan fingerprint density at radius 2 is 1.77 bits per heavy atom. The lowest BCUT2D eigenvalue weighted by Crippen LogP contribution is -2.09. The predicted octanol–water partition coefficient (Wildman–Crippen LogP) is 3.79. The van der Waals surface area contributed by atoms with E-state index in [0.29, 0.717) is 5.92 Å². The van der Waals surface area contributed by atoms with Gasteiger partial charge in [0.25, 0.3) is 0 Å². The maximum absolute atomic E-state index is 2.30. The third kappa shape index (κ3) is 3.07. The molecule has 1 aromatic rings. The predicted molar refractivity (Wildman–Crippen MR) is 62.4 cm³/mol. The molecule has 0 bridgehead atoms. The molecule has 0 nitrogen and oxygen atoms in total. The van der Waals surface area contributed by atoms with Gasteiger partial charge in [0.05, 0.1) is 0 Å². The third-order valence-electron chi connectivity index (χ3n) is 2.38. The van der Waals surface area contributed by atoms with Crippen molar-refractivity contribution in [2.45, 2.75) is 19.8 Å². The highest BCUT2D eigenvalue weighted by molar-refractivity contribution is 7.98. The molecule has 0 saturated carbocycles. The Balaban J connectivity index is 2.76. The zero-order valence-corrected chi connectivity index (χ0v) is 9.47. The second kappa shape index (κ2) is 5.33. The zero-order chi connectivity index (χ0) is 9.68. The Kier molecular flexibility index (Phi) is 4.37. The first-order valence-electron chi connectivity index (χ1n) is 4.79. The Morgan fingerprint density at radius 3 is 2.23 bits per heavy atom. The maximum Gasteiger partial charge on any atom is 0.000115 e. The summed E-state index contributed by atoms with van der Waals surface area (Å²) in [6, 6.07) is 10.8. The largest absolute Gasteiger partial charge is 0.165 e. The monoisotopic (exact) mass is 194 g/mol. The standard InChI is InChI=1S/C12H18S/c1-10(2)12(9-13-3)11-7-5-4-6-8-11/h4-8,10,12H,9H2,1-3H3/t12-/m0/s1. The normalized spacial score (nSPS) is 13.2. The van der Waals surface area contributed by atoms with Gasteiger partial charge in [0.2, 0.25) is 0 Å². The van der Waals surface area contributed by atoms with Crippen LogP contribution in [-0.2, 0) is 0 Å². The van der Waals surface area contributed by atoms with Crippen molar-refractivity contribution in [2.75, 3.05) is 12.0 Å². The van der Waals surface area contributed by atoms with Crippen LogP contribution in [0.3, 0.4) is 0 Å². The fourth-order valence-electron chi connectivity index (χ4n) is 1.55. The number of rotatable bonds is 4. The molecule has 0 aromatic heterocycles. The van der Waals surface area contributed by atoms with E-state index < -0.39 is 0 Å². The van der Waals surface area contributed by atoms with Crippen LogP contribution in [0, 0.1) is 5.92 Å². The molecule has 72 valence electrons. The minimum Gasteiger partial charge on any atom is -0.165 e. The fraction of sp³-hybridized carbons (Fsp3) is 0.500. The SMILES string of the molecule is CSC[C@H](c1ccccc1)C(C)C. The average Bonchev–Trinajstić information content (AvgIpc) is 2.15. The third-order valence-corrected chi connectivity index (χ3v) is 3.07. The zero-order valence-electron chi connectivity index (χ0n) is 8.66. The smallest absolute Gasteiger partial charge is 0.000115 e. The Labute approximate surface area is 85.7 Å². The minimum atomic E-state index is 0.705. The summed E-state index contributed by atoms with van der Waals surface area (Å²) in [4.78, 5) is 0. The fourth-order valence-corrected chi connectivity index (χ4v) is 2.49. The Bertz CT molecular complexity index is 228. The second-order valence-electron chi connectivity index (χ2n) is 3.72. The van der Waals surface area contributed by atoms with Gasteiger partial charge in [0.15, 0.2) is 0 Å².